The smallest absolute Gasteiger partial charge is 0.135 e. The number of hydrogen-bond acceptors (Lipinski definition) is 5. The van der Waals surface area contributed by atoms with Crippen molar-refractivity contribution in [1.82, 2.24) is 15.1 Å². The Morgan fingerprint density at radius 1 is 1.21 bits per heavy atom. The third-order valence-corrected chi connectivity index (χ3v) is 2.25. The van der Waals surface area contributed by atoms with Crippen LogP contribution in [0, 0.1) is 0 Å². The number of rotatable bonds is 0. The molecule has 2 heterocycles. The maximum atomic E-state index is 3.85. The van der Waals surface area contributed by atoms with Crippen molar-refractivity contribution in [1.29, 1.82) is 0 Å². The molecule has 14 heavy (non-hydrogen) atoms. The summed E-state index contributed by atoms with van der Waals surface area (Å²) in [5, 5.41) is 13.8. The predicted octanol–water partition coefficient (Wildman–Crippen LogP) is 1.03. The summed E-state index contributed by atoms with van der Waals surface area (Å²) < 4.78 is 0. The molecule has 2 aliphatic heterocycles. The molecule has 0 aromatic heterocycles. The van der Waals surface area contributed by atoms with Gasteiger partial charge in [0.15, 0.2) is 0 Å². The lowest BCUT2D eigenvalue weighted by Crippen LogP contribution is -2.50. The minimum absolute atomic E-state index is 0.0563. The first kappa shape index (κ1) is 9.21. The number of allylic oxidation sites excluding steroid dienone is 1. The quantitative estimate of drug-likeness (QED) is 0.576. The van der Waals surface area contributed by atoms with E-state index in [0.717, 1.165) is 5.70 Å². The summed E-state index contributed by atoms with van der Waals surface area (Å²) in [4.78, 5) is 0. The van der Waals surface area contributed by atoms with Crippen LogP contribution in [0.5, 0.6) is 0 Å². The summed E-state index contributed by atoms with van der Waals surface area (Å²) in [6.07, 6.45) is 5.52. The Hall–Kier alpha value is -1.36. The maximum Gasteiger partial charge on any atom is 0.135 e. The molecule has 5 nitrogen and oxygen atoms in total. The lowest BCUT2D eigenvalue weighted by atomic mass is 10.1. The van der Waals surface area contributed by atoms with Gasteiger partial charge in [0.1, 0.15) is 6.34 Å². The maximum absolute atomic E-state index is 3.85. The molecule has 0 amide bonds. The fraction of sp³-hybridized carbons (Fsp3) is 0.556. The summed E-state index contributed by atoms with van der Waals surface area (Å²) in [5.74, 6) is 0. The fourth-order valence-corrected chi connectivity index (χ4v) is 1.57. The van der Waals surface area contributed by atoms with Crippen LogP contribution in [0.25, 0.3) is 0 Å². The fourth-order valence-electron chi connectivity index (χ4n) is 1.57. The highest BCUT2D eigenvalue weighted by atomic mass is 15.9. The van der Waals surface area contributed by atoms with Crippen molar-refractivity contribution in [2.45, 2.75) is 26.3 Å². The summed E-state index contributed by atoms with van der Waals surface area (Å²) in [6, 6.07) is 0. The molecule has 0 spiro atoms. The van der Waals surface area contributed by atoms with Gasteiger partial charge >= 0.3 is 0 Å². The highest BCUT2D eigenvalue weighted by Gasteiger charge is 2.33. The summed E-state index contributed by atoms with van der Waals surface area (Å²) >= 11 is 0. The van der Waals surface area contributed by atoms with E-state index in [-0.39, 0.29) is 5.54 Å². The van der Waals surface area contributed by atoms with E-state index in [4.69, 9.17) is 0 Å². The van der Waals surface area contributed by atoms with Gasteiger partial charge < -0.3 is 0 Å². The molecule has 0 bridgehead atoms. The lowest BCUT2D eigenvalue weighted by Gasteiger charge is -2.39. The lowest BCUT2D eigenvalue weighted by molar-refractivity contribution is -0.0936. The third kappa shape index (κ3) is 1.29. The molecule has 0 unspecified atom stereocenters. The Morgan fingerprint density at radius 3 is 2.50 bits per heavy atom. The topological polar surface area (TPSA) is 34.4 Å². The van der Waals surface area contributed by atoms with Crippen molar-refractivity contribution < 1.29 is 0 Å². The second-order valence-electron chi connectivity index (χ2n) is 4.38. The van der Waals surface area contributed by atoms with E-state index >= 15 is 0 Å². The van der Waals surface area contributed by atoms with E-state index in [2.05, 4.69) is 42.2 Å². The molecular weight excluding hydrogens is 178 g/mol. The second-order valence-corrected chi connectivity index (χ2v) is 4.38. The number of nitrogens with zero attached hydrogens (tertiary/aromatic N) is 5. The SMILES string of the molecule is CN1N2C=NN=CC2=CN1C(C)(C)C. The van der Waals surface area contributed by atoms with Crippen LogP contribution in [0.3, 0.4) is 0 Å². The van der Waals surface area contributed by atoms with Gasteiger partial charge in [-0.25, -0.2) is 5.01 Å². The van der Waals surface area contributed by atoms with Gasteiger partial charge in [-0.15, -0.1) is 10.2 Å². The normalized spacial score (nSPS) is 21.6. The number of hydrazine groups is 2. The first-order chi connectivity index (χ1) is 6.50. The van der Waals surface area contributed by atoms with Crippen LogP contribution >= 0.6 is 0 Å². The van der Waals surface area contributed by atoms with Crippen molar-refractivity contribution in [2.75, 3.05) is 7.05 Å². The molecule has 0 aromatic rings. The van der Waals surface area contributed by atoms with Gasteiger partial charge in [-0.1, -0.05) is 0 Å². The first-order valence-corrected chi connectivity index (χ1v) is 4.60. The van der Waals surface area contributed by atoms with Crippen LogP contribution < -0.4 is 0 Å². The van der Waals surface area contributed by atoms with Crippen LogP contribution in [-0.2, 0) is 0 Å². The van der Waals surface area contributed by atoms with E-state index in [1.165, 1.54) is 0 Å². The predicted molar refractivity (Wildman–Crippen MR) is 56.3 cm³/mol. The molecule has 76 valence electrons. The van der Waals surface area contributed by atoms with Gasteiger partial charge in [-0.3, -0.25) is 5.01 Å². The van der Waals surface area contributed by atoms with E-state index in [1.54, 1.807) is 12.6 Å². The number of hydrogen-bond donors (Lipinski definition) is 0. The van der Waals surface area contributed by atoms with Gasteiger partial charge in [-0.2, -0.15) is 5.10 Å². The largest absolute Gasteiger partial charge is 0.288 e. The van der Waals surface area contributed by atoms with Gasteiger partial charge in [0.2, 0.25) is 0 Å². The summed E-state index contributed by atoms with van der Waals surface area (Å²) in [7, 11) is 2.00. The summed E-state index contributed by atoms with van der Waals surface area (Å²) in [5.41, 5.74) is 1.10. The molecule has 2 aliphatic rings. The highest BCUT2D eigenvalue weighted by molar-refractivity contribution is 5.84. The van der Waals surface area contributed by atoms with Crippen LogP contribution in [-0.4, -0.2) is 40.3 Å². The van der Waals surface area contributed by atoms with Crippen molar-refractivity contribution in [3.8, 4) is 0 Å². The average molecular weight is 193 g/mol. The van der Waals surface area contributed by atoms with Crippen molar-refractivity contribution >= 4 is 12.6 Å². The molecule has 5 heteroatoms. The van der Waals surface area contributed by atoms with E-state index in [9.17, 15) is 0 Å². The average Bonchev–Trinajstić information content (AvgIpc) is 2.44. The Labute approximate surface area is 83.9 Å². The van der Waals surface area contributed by atoms with Gasteiger partial charge in [0, 0.05) is 18.8 Å². The second kappa shape index (κ2) is 2.81. The van der Waals surface area contributed by atoms with Crippen LogP contribution in [0.15, 0.2) is 22.1 Å². The van der Waals surface area contributed by atoms with Crippen LogP contribution in [0.1, 0.15) is 20.8 Å². The molecule has 0 aromatic carbocycles. The highest BCUT2D eigenvalue weighted by Crippen LogP contribution is 2.26. The third-order valence-electron chi connectivity index (χ3n) is 2.25. The Balaban J connectivity index is 2.30. The Morgan fingerprint density at radius 2 is 1.93 bits per heavy atom. The molecule has 0 N–H and O–H groups in total. The molecule has 0 radical (unpaired) electrons. The zero-order valence-corrected chi connectivity index (χ0v) is 8.97. The zero-order chi connectivity index (χ0) is 10.3. The van der Waals surface area contributed by atoms with Crippen molar-refractivity contribution in [3.63, 3.8) is 0 Å². The molecule has 0 saturated heterocycles. The van der Waals surface area contributed by atoms with E-state index in [1.807, 2.05) is 17.2 Å². The Bertz CT molecular complexity index is 323. The zero-order valence-electron chi connectivity index (χ0n) is 8.97. The van der Waals surface area contributed by atoms with E-state index in [0.29, 0.717) is 0 Å². The minimum Gasteiger partial charge on any atom is -0.288 e. The van der Waals surface area contributed by atoms with Crippen molar-refractivity contribution in [3.05, 3.63) is 11.9 Å². The van der Waals surface area contributed by atoms with Gasteiger partial charge in [0.05, 0.1) is 11.9 Å². The molecular formula is C9H15N5. The van der Waals surface area contributed by atoms with Gasteiger partial charge in [0.25, 0.3) is 0 Å². The number of fused-ring (bicyclic) bond motifs is 1. The molecule has 0 atom stereocenters. The van der Waals surface area contributed by atoms with Crippen LogP contribution in [0.4, 0.5) is 0 Å². The Kier molecular flexibility index (Phi) is 1.85. The molecule has 2 rings (SSSR count). The summed E-state index contributed by atoms with van der Waals surface area (Å²) in [6.45, 7) is 6.48. The minimum atomic E-state index is 0.0563. The first-order valence-electron chi connectivity index (χ1n) is 4.60. The van der Waals surface area contributed by atoms with Crippen LogP contribution in [0.2, 0.25) is 0 Å². The van der Waals surface area contributed by atoms with Gasteiger partial charge in [-0.05, 0) is 20.8 Å². The van der Waals surface area contributed by atoms with Crippen molar-refractivity contribution in [2.24, 2.45) is 10.2 Å². The monoisotopic (exact) mass is 193 g/mol. The van der Waals surface area contributed by atoms with E-state index < -0.39 is 0 Å². The molecule has 0 aliphatic carbocycles. The molecule has 0 saturated carbocycles. The standard InChI is InChI=1S/C9H15N5/c1-9(2,3)14-6-8-5-10-11-7-13(8)12(14)4/h5-7H,1-4H3. The molecule has 0 fully saturated rings.